The van der Waals surface area contributed by atoms with E-state index in [9.17, 15) is 9.59 Å². The van der Waals surface area contributed by atoms with Crippen LogP contribution in [0.25, 0.3) is 10.2 Å². The summed E-state index contributed by atoms with van der Waals surface area (Å²) in [6.07, 6.45) is 1.54. The number of fused-ring (bicyclic) bond motifs is 1. The van der Waals surface area contributed by atoms with E-state index in [0.717, 1.165) is 5.39 Å². The lowest BCUT2D eigenvalue weighted by Crippen LogP contribution is -2.50. The van der Waals surface area contributed by atoms with Gasteiger partial charge >= 0.3 is 0 Å². The van der Waals surface area contributed by atoms with Crippen LogP contribution in [0.3, 0.4) is 0 Å². The number of carbonyl (C=O) groups is 2. The van der Waals surface area contributed by atoms with Gasteiger partial charge in [-0.05, 0) is 6.07 Å². The smallest absolute Gasteiger partial charge is 0.266 e. The summed E-state index contributed by atoms with van der Waals surface area (Å²) >= 11 is 1.21. The van der Waals surface area contributed by atoms with E-state index in [1.54, 1.807) is 24.2 Å². The van der Waals surface area contributed by atoms with E-state index in [-0.39, 0.29) is 18.4 Å². The molecule has 8 heteroatoms. The molecule has 0 radical (unpaired) electrons. The molecule has 20 heavy (non-hydrogen) atoms. The summed E-state index contributed by atoms with van der Waals surface area (Å²) in [6, 6.07) is 1.74. The van der Waals surface area contributed by atoms with Gasteiger partial charge in [0, 0.05) is 25.5 Å². The Morgan fingerprint density at radius 1 is 1.45 bits per heavy atom. The van der Waals surface area contributed by atoms with Crippen LogP contribution < -0.4 is 5.73 Å². The Morgan fingerprint density at radius 2 is 2.25 bits per heavy atom. The fourth-order valence-corrected chi connectivity index (χ4v) is 3.11. The molecule has 2 aromatic heterocycles. The molecule has 1 aliphatic heterocycles. The minimum atomic E-state index is -0.216. The first-order valence-electron chi connectivity index (χ1n) is 6.11. The normalized spacial score (nSPS) is 15.9. The van der Waals surface area contributed by atoms with Crippen LogP contribution in [-0.4, -0.2) is 58.5 Å². The van der Waals surface area contributed by atoms with Crippen LogP contribution in [0.5, 0.6) is 0 Å². The first-order valence-corrected chi connectivity index (χ1v) is 6.92. The summed E-state index contributed by atoms with van der Waals surface area (Å²) in [4.78, 5) is 28.4. The van der Waals surface area contributed by atoms with Gasteiger partial charge < -0.3 is 15.5 Å². The third kappa shape index (κ3) is 1.97. The molecule has 0 spiro atoms. The van der Waals surface area contributed by atoms with Crippen LogP contribution in [0.4, 0.5) is 5.69 Å². The predicted octanol–water partition coefficient (Wildman–Crippen LogP) is 0.188. The molecule has 2 N–H and O–H groups in total. The number of aromatic nitrogens is 2. The van der Waals surface area contributed by atoms with Crippen LogP contribution >= 0.6 is 11.3 Å². The van der Waals surface area contributed by atoms with Crippen molar-refractivity contribution >= 4 is 39.1 Å². The maximum atomic E-state index is 12.5. The Bertz CT molecular complexity index is 698. The summed E-state index contributed by atoms with van der Waals surface area (Å²) in [5.74, 6) is -0.281. The first kappa shape index (κ1) is 12.8. The van der Waals surface area contributed by atoms with Crippen LogP contribution in [0.2, 0.25) is 0 Å². The molecule has 0 aromatic carbocycles. The second-order valence-corrected chi connectivity index (χ2v) is 5.64. The van der Waals surface area contributed by atoms with E-state index in [1.165, 1.54) is 16.2 Å². The molecular weight excluding hydrogens is 278 g/mol. The lowest BCUT2D eigenvalue weighted by Gasteiger charge is -2.31. The molecule has 1 aliphatic rings. The van der Waals surface area contributed by atoms with Gasteiger partial charge in [-0.3, -0.25) is 9.59 Å². The van der Waals surface area contributed by atoms with Crippen molar-refractivity contribution in [2.75, 3.05) is 32.4 Å². The number of hydrogen-bond acceptors (Lipinski definition) is 6. The number of carbonyl (C=O) groups excluding carboxylic acids is 2. The number of hydrogen-bond donors (Lipinski definition) is 1. The third-order valence-electron chi connectivity index (χ3n) is 3.36. The zero-order valence-electron chi connectivity index (χ0n) is 10.9. The molecule has 3 rings (SSSR count). The highest BCUT2D eigenvalue weighted by atomic mass is 32.1. The summed E-state index contributed by atoms with van der Waals surface area (Å²) in [6.45, 7) is 1.14. The van der Waals surface area contributed by atoms with Crippen molar-refractivity contribution in [2.24, 2.45) is 0 Å². The lowest BCUT2D eigenvalue weighted by molar-refractivity contribution is -0.133. The molecule has 2 amide bonds. The number of nitrogen functional groups attached to an aromatic ring is 1. The highest BCUT2D eigenvalue weighted by Gasteiger charge is 2.28. The van der Waals surface area contributed by atoms with E-state index in [1.807, 2.05) is 0 Å². The zero-order valence-corrected chi connectivity index (χ0v) is 11.7. The topological polar surface area (TPSA) is 92.4 Å². The molecule has 0 aliphatic carbocycles. The minimum absolute atomic E-state index is 0.0657. The molecule has 1 saturated heterocycles. The van der Waals surface area contributed by atoms with E-state index in [4.69, 9.17) is 5.73 Å². The molecule has 0 unspecified atom stereocenters. The maximum absolute atomic E-state index is 12.5. The van der Waals surface area contributed by atoms with Gasteiger partial charge in [-0.25, -0.2) is 0 Å². The monoisotopic (exact) mass is 291 g/mol. The molecule has 104 valence electrons. The Balaban J connectivity index is 1.93. The summed E-state index contributed by atoms with van der Waals surface area (Å²) < 4.78 is 0. The van der Waals surface area contributed by atoms with E-state index < -0.39 is 0 Å². The van der Waals surface area contributed by atoms with Gasteiger partial charge in [-0.2, -0.15) is 5.10 Å². The average molecular weight is 291 g/mol. The van der Waals surface area contributed by atoms with Crippen molar-refractivity contribution in [3.63, 3.8) is 0 Å². The molecule has 0 atom stereocenters. The van der Waals surface area contributed by atoms with Crippen LogP contribution in [0.1, 0.15) is 9.67 Å². The molecular formula is C12H13N5O2S. The van der Waals surface area contributed by atoms with Gasteiger partial charge in [0.05, 0.1) is 11.9 Å². The molecule has 2 aromatic rings. The van der Waals surface area contributed by atoms with Crippen molar-refractivity contribution < 1.29 is 9.59 Å². The van der Waals surface area contributed by atoms with Crippen molar-refractivity contribution in [1.82, 2.24) is 20.0 Å². The number of likely N-dealkylation sites (N-methyl/N-ethyl adjacent to an activating group) is 1. The van der Waals surface area contributed by atoms with Crippen molar-refractivity contribution in [1.29, 1.82) is 0 Å². The Hall–Kier alpha value is -2.22. The number of thiophene rings is 1. The van der Waals surface area contributed by atoms with Gasteiger partial charge in [0.25, 0.3) is 5.91 Å². The zero-order chi connectivity index (χ0) is 14.3. The van der Waals surface area contributed by atoms with Crippen LogP contribution in [0.15, 0.2) is 12.3 Å². The number of rotatable bonds is 1. The van der Waals surface area contributed by atoms with Crippen molar-refractivity contribution in [2.45, 2.75) is 0 Å². The minimum Gasteiger partial charge on any atom is -0.397 e. The standard InChI is InChI=1S/C12H13N5O2S/c1-16-4-5-17(6-8(16)18)12(19)10-9(13)7-2-3-14-15-11(7)20-10/h2-3H,4-6,13H2,1H3. The summed E-state index contributed by atoms with van der Waals surface area (Å²) in [5, 5.41) is 8.47. The highest BCUT2D eigenvalue weighted by molar-refractivity contribution is 7.21. The van der Waals surface area contributed by atoms with E-state index >= 15 is 0 Å². The van der Waals surface area contributed by atoms with Gasteiger partial charge in [0.1, 0.15) is 16.3 Å². The van der Waals surface area contributed by atoms with Crippen molar-refractivity contribution in [3.05, 3.63) is 17.1 Å². The number of nitrogens with two attached hydrogens (primary N) is 1. The quantitative estimate of drug-likeness (QED) is 0.809. The summed E-state index contributed by atoms with van der Waals surface area (Å²) in [7, 11) is 1.73. The fraction of sp³-hybridized carbons (Fsp3) is 0.333. The number of piperazine rings is 1. The summed E-state index contributed by atoms with van der Waals surface area (Å²) in [5.41, 5.74) is 6.42. The van der Waals surface area contributed by atoms with Crippen LogP contribution in [-0.2, 0) is 4.79 Å². The Kier molecular flexibility index (Phi) is 3.01. The molecule has 0 bridgehead atoms. The van der Waals surface area contributed by atoms with Gasteiger partial charge in [0.2, 0.25) is 5.91 Å². The second kappa shape index (κ2) is 4.71. The van der Waals surface area contributed by atoms with E-state index in [0.29, 0.717) is 28.5 Å². The van der Waals surface area contributed by atoms with E-state index in [2.05, 4.69) is 10.2 Å². The second-order valence-electron chi connectivity index (χ2n) is 4.64. The number of nitrogens with zero attached hydrogens (tertiary/aromatic N) is 4. The third-order valence-corrected chi connectivity index (χ3v) is 4.45. The first-order chi connectivity index (χ1) is 9.58. The van der Waals surface area contributed by atoms with Gasteiger partial charge in [0.15, 0.2) is 0 Å². The number of amides is 2. The Morgan fingerprint density at radius 3 is 2.95 bits per heavy atom. The number of anilines is 1. The molecule has 1 fully saturated rings. The predicted molar refractivity (Wildman–Crippen MR) is 75.4 cm³/mol. The maximum Gasteiger partial charge on any atom is 0.266 e. The van der Waals surface area contributed by atoms with Gasteiger partial charge in [-0.15, -0.1) is 16.4 Å². The molecule has 3 heterocycles. The lowest BCUT2D eigenvalue weighted by atomic mass is 10.2. The largest absolute Gasteiger partial charge is 0.397 e. The highest BCUT2D eigenvalue weighted by Crippen LogP contribution is 2.32. The molecule has 0 saturated carbocycles. The van der Waals surface area contributed by atoms with Crippen molar-refractivity contribution in [3.8, 4) is 0 Å². The average Bonchev–Trinajstić information content (AvgIpc) is 2.79. The van der Waals surface area contributed by atoms with Crippen LogP contribution in [0, 0.1) is 0 Å². The SMILES string of the molecule is CN1CCN(C(=O)c2sc3nnccc3c2N)CC1=O. The fourth-order valence-electron chi connectivity index (χ4n) is 2.11. The molecule has 7 nitrogen and oxygen atoms in total. The Labute approximate surface area is 119 Å². The van der Waals surface area contributed by atoms with Gasteiger partial charge in [-0.1, -0.05) is 0 Å².